The van der Waals surface area contributed by atoms with Gasteiger partial charge in [-0.25, -0.2) is 9.48 Å². The molecule has 3 aromatic rings. The van der Waals surface area contributed by atoms with Gasteiger partial charge in [0.2, 0.25) is 0 Å². The number of tetrazole rings is 1. The maximum atomic E-state index is 12.3. The number of aryl methyl sites for hydroxylation is 1. The van der Waals surface area contributed by atoms with E-state index in [4.69, 9.17) is 0 Å². The predicted octanol–water partition coefficient (Wildman–Crippen LogP) is 2.35. The number of aromatic nitrogens is 4. The first kappa shape index (κ1) is 18.5. The van der Waals surface area contributed by atoms with Gasteiger partial charge in [-0.1, -0.05) is 30.3 Å². The van der Waals surface area contributed by atoms with Crippen molar-refractivity contribution in [3.05, 3.63) is 65.5 Å². The molecule has 0 saturated heterocycles. The minimum Gasteiger partial charge on any atom is -0.334 e. The maximum Gasteiger partial charge on any atom is 0.319 e. The number of benzene rings is 2. The summed E-state index contributed by atoms with van der Waals surface area (Å²) in [5.74, 6) is 0. The zero-order valence-electron chi connectivity index (χ0n) is 15.7. The Balaban J connectivity index is 1.65. The smallest absolute Gasteiger partial charge is 0.319 e. The molecule has 0 aliphatic rings. The minimum absolute atomic E-state index is 0.263. The summed E-state index contributed by atoms with van der Waals surface area (Å²) in [6, 6.07) is 13.4. The number of amides is 2. The van der Waals surface area contributed by atoms with Gasteiger partial charge in [-0.15, -0.1) is 5.10 Å². The Morgan fingerprint density at radius 3 is 2.63 bits per heavy atom. The zero-order valence-corrected chi connectivity index (χ0v) is 15.7. The monoisotopic (exact) mass is 365 g/mol. The van der Waals surface area contributed by atoms with E-state index < -0.39 is 0 Å². The fourth-order valence-corrected chi connectivity index (χ4v) is 2.78. The Labute approximate surface area is 158 Å². The molecule has 0 fully saturated rings. The highest BCUT2D eigenvalue weighted by Gasteiger charge is 2.08. The van der Waals surface area contributed by atoms with Crippen LogP contribution in [-0.2, 0) is 13.1 Å². The second-order valence-corrected chi connectivity index (χ2v) is 6.57. The van der Waals surface area contributed by atoms with Crippen LogP contribution in [0.3, 0.4) is 0 Å². The molecule has 1 heterocycles. The molecule has 0 aliphatic heterocycles. The Kier molecular flexibility index (Phi) is 5.77. The van der Waals surface area contributed by atoms with Gasteiger partial charge in [0.05, 0.1) is 5.69 Å². The number of hydrogen-bond donors (Lipinski definition) is 2. The molecule has 0 atom stereocenters. The fourth-order valence-electron chi connectivity index (χ4n) is 2.78. The second kappa shape index (κ2) is 8.41. The lowest BCUT2D eigenvalue weighted by Crippen LogP contribution is -2.29. The van der Waals surface area contributed by atoms with Crippen LogP contribution in [0.5, 0.6) is 0 Å². The number of carbonyl (C=O) groups excluding carboxylic acids is 1. The van der Waals surface area contributed by atoms with Gasteiger partial charge in [0, 0.05) is 18.8 Å². The van der Waals surface area contributed by atoms with Crippen LogP contribution in [0.2, 0.25) is 0 Å². The van der Waals surface area contributed by atoms with Crippen LogP contribution >= 0.6 is 0 Å². The summed E-state index contributed by atoms with van der Waals surface area (Å²) < 4.78 is 1.57. The van der Waals surface area contributed by atoms with Crippen molar-refractivity contribution in [2.45, 2.75) is 20.0 Å². The molecular formula is C19H23N7O. The highest BCUT2D eigenvalue weighted by molar-refractivity contribution is 5.89. The number of urea groups is 1. The van der Waals surface area contributed by atoms with E-state index in [1.807, 2.05) is 57.4 Å². The van der Waals surface area contributed by atoms with Gasteiger partial charge in [-0.05, 0) is 60.3 Å². The van der Waals surface area contributed by atoms with Crippen LogP contribution in [0.15, 0.2) is 48.8 Å². The van der Waals surface area contributed by atoms with Gasteiger partial charge < -0.3 is 15.5 Å². The van der Waals surface area contributed by atoms with E-state index >= 15 is 0 Å². The third-order valence-electron chi connectivity index (χ3n) is 4.11. The van der Waals surface area contributed by atoms with E-state index in [-0.39, 0.29) is 6.03 Å². The van der Waals surface area contributed by atoms with E-state index in [9.17, 15) is 4.79 Å². The number of carbonyl (C=O) groups is 1. The lowest BCUT2D eigenvalue weighted by molar-refractivity contribution is 0.251. The van der Waals surface area contributed by atoms with Crippen LogP contribution in [0.4, 0.5) is 10.5 Å². The fraction of sp³-hybridized carbons (Fsp3) is 0.263. The standard InChI is InChI=1S/C19H23N7O/c1-14-8-9-17(10-18(14)26-13-21-23-24-26)22-19(27)20-11-15-6-4-5-7-16(15)12-25(2)3/h4-10,13H,11-12H2,1-3H3,(H2,20,22,27). The molecule has 2 amide bonds. The van der Waals surface area contributed by atoms with Gasteiger partial charge in [-0.2, -0.15) is 0 Å². The van der Waals surface area contributed by atoms with Crippen molar-refractivity contribution in [3.63, 3.8) is 0 Å². The zero-order chi connectivity index (χ0) is 19.2. The highest BCUT2D eigenvalue weighted by Crippen LogP contribution is 2.18. The molecule has 0 unspecified atom stereocenters. The molecule has 0 bridgehead atoms. The van der Waals surface area contributed by atoms with Crippen molar-refractivity contribution in [2.24, 2.45) is 0 Å². The largest absolute Gasteiger partial charge is 0.334 e. The van der Waals surface area contributed by atoms with Crippen molar-refractivity contribution >= 4 is 11.7 Å². The Bertz CT molecular complexity index is 906. The number of hydrogen-bond acceptors (Lipinski definition) is 5. The first-order chi connectivity index (χ1) is 13.0. The molecule has 1 aromatic heterocycles. The highest BCUT2D eigenvalue weighted by atomic mass is 16.2. The number of rotatable bonds is 6. The van der Waals surface area contributed by atoms with Gasteiger partial charge in [-0.3, -0.25) is 0 Å². The van der Waals surface area contributed by atoms with Gasteiger partial charge in [0.25, 0.3) is 0 Å². The number of nitrogens with one attached hydrogen (secondary N) is 2. The van der Waals surface area contributed by atoms with Crippen molar-refractivity contribution in [1.29, 1.82) is 0 Å². The van der Waals surface area contributed by atoms with Crippen molar-refractivity contribution < 1.29 is 4.79 Å². The molecule has 140 valence electrons. The second-order valence-electron chi connectivity index (χ2n) is 6.57. The van der Waals surface area contributed by atoms with E-state index in [1.165, 1.54) is 11.9 Å². The lowest BCUT2D eigenvalue weighted by atomic mass is 10.1. The van der Waals surface area contributed by atoms with Crippen LogP contribution in [0, 0.1) is 6.92 Å². The average Bonchev–Trinajstić information content (AvgIpc) is 3.16. The summed E-state index contributed by atoms with van der Waals surface area (Å²) in [5.41, 5.74) is 4.78. The molecule has 2 aromatic carbocycles. The molecule has 0 spiro atoms. The summed E-state index contributed by atoms with van der Waals surface area (Å²) in [4.78, 5) is 14.4. The molecule has 8 nitrogen and oxygen atoms in total. The Hall–Kier alpha value is -3.26. The van der Waals surface area contributed by atoms with Crippen molar-refractivity contribution in [3.8, 4) is 5.69 Å². The summed E-state index contributed by atoms with van der Waals surface area (Å²) in [7, 11) is 4.05. The topological polar surface area (TPSA) is 88.0 Å². The predicted molar refractivity (Wildman–Crippen MR) is 104 cm³/mol. The molecular weight excluding hydrogens is 342 g/mol. The molecule has 0 saturated carbocycles. The third-order valence-corrected chi connectivity index (χ3v) is 4.11. The maximum absolute atomic E-state index is 12.3. The van der Waals surface area contributed by atoms with Gasteiger partial charge >= 0.3 is 6.03 Å². The Morgan fingerprint density at radius 1 is 1.15 bits per heavy atom. The SMILES string of the molecule is Cc1ccc(NC(=O)NCc2ccccc2CN(C)C)cc1-n1cnnn1. The van der Waals surface area contributed by atoms with Gasteiger partial charge in [0.1, 0.15) is 6.33 Å². The molecule has 2 N–H and O–H groups in total. The van der Waals surface area contributed by atoms with E-state index in [0.29, 0.717) is 12.2 Å². The minimum atomic E-state index is -0.263. The Morgan fingerprint density at radius 2 is 1.93 bits per heavy atom. The van der Waals surface area contributed by atoms with Crippen molar-refractivity contribution in [1.82, 2.24) is 30.4 Å². The summed E-state index contributed by atoms with van der Waals surface area (Å²) >= 11 is 0. The van der Waals surface area contributed by atoms with E-state index in [2.05, 4.69) is 37.1 Å². The quantitative estimate of drug-likeness (QED) is 0.700. The normalized spacial score (nSPS) is 10.8. The van der Waals surface area contributed by atoms with E-state index in [0.717, 1.165) is 23.4 Å². The molecule has 0 radical (unpaired) electrons. The van der Waals surface area contributed by atoms with Gasteiger partial charge in [0.15, 0.2) is 0 Å². The lowest BCUT2D eigenvalue weighted by Gasteiger charge is -2.15. The molecule has 0 aliphatic carbocycles. The van der Waals surface area contributed by atoms with E-state index in [1.54, 1.807) is 4.68 Å². The molecule has 8 heteroatoms. The number of anilines is 1. The summed E-state index contributed by atoms with van der Waals surface area (Å²) in [5, 5.41) is 17.0. The summed E-state index contributed by atoms with van der Waals surface area (Å²) in [6.07, 6.45) is 1.52. The number of nitrogens with zero attached hydrogens (tertiary/aromatic N) is 5. The van der Waals surface area contributed by atoms with Crippen LogP contribution < -0.4 is 10.6 Å². The first-order valence-electron chi connectivity index (χ1n) is 8.63. The van der Waals surface area contributed by atoms with Crippen LogP contribution in [0.1, 0.15) is 16.7 Å². The first-order valence-corrected chi connectivity index (χ1v) is 8.63. The van der Waals surface area contributed by atoms with Crippen LogP contribution in [-0.4, -0.2) is 45.2 Å². The van der Waals surface area contributed by atoms with Crippen molar-refractivity contribution in [2.75, 3.05) is 19.4 Å². The molecule has 27 heavy (non-hydrogen) atoms. The van der Waals surface area contributed by atoms with Crippen LogP contribution in [0.25, 0.3) is 5.69 Å². The summed E-state index contributed by atoms with van der Waals surface area (Å²) in [6.45, 7) is 3.25. The third kappa shape index (κ3) is 4.89. The average molecular weight is 365 g/mol. The molecule has 3 rings (SSSR count).